The highest BCUT2D eigenvalue weighted by molar-refractivity contribution is 7.92. The fraction of sp³-hybridized carbons (Fsp3) is 0.138. The van der Waals surface area contributed by atoms with E-state index < -0.39 is 58.0 Å². The lowest BCUT2D eigenvalue weighted by Gasteiger charge is -2.27. The van der Waals surface area contributed by atoms with Crippen LogP contribution >= 0.6 is 0 Å². The molecule has 4 rings (SSSR count). The van der Waals surface area contributed by atoms with Gasteiger partial charge in [-0.2, -0.15) is 0 Å². The lowest BCUT2D eigenvalue weighted by atomic mass is 10.1. The predicted molar refractivity (Wildman–Crippen MR) is 140 cm³/mol. The van der Waals surface area contributed by atoms with Gasteiger partial charge >= 0.3 is 5.97 Å². The number of ether oxygens (including phenoxy) is 1. The van der Waals surface area contributed by atoms with Crippen molar-refractivity contribution in [2.45, 2.75) is 31.3 Å². The molecule has 0 aliphatic heterocycles. The Morgan fingerprint density at radius 2 is 1.33 bits per heavy atom. The van der Waals surface area contributed by atoms with Crippen molar-refractivity contribution in [1.29, 1.82) is 0 Å². The second-order valence-electron chi connectivity index (χ2n) is 8.57. The van der Waals surface area contributed by atoms with Crippen LogP contribution in [0.15, 0.2) is 95.9 Å². The predicted octanol–water partition coefficient (Wildman–Crippen LogP) is 4.70. The molecule has 0 heterocycles. The third-order valence-electron chi connectivity index (χ3n) is 5.96. The van der Waals surface area contributed by atoms with E-state index in [9.17, 15) is 23.4 Å². The maximum absolute atomic E-state index is 15.5. The van der Waals surface area contributed by atoms with Crippen LogP contribution in [-0.4, -0.2) is 24.6 Å². The van der Waals surface area contributed by atoms with Gasteiger partial charge in [0, 0.05) is 11.1 Å². The Labute approximate surface area is 224 Å². The van der Waals surface area contributed by atoms with Crippen molar-refractivity contribution in [1.82, 2.24) is 0 Å². The van der Waals surface area contributed by atoms with Crippen LogP contribution in [0.5, 0.6) is 0 Å². The van der Waals surface area contributed by atoms with Gasteiger partial charge in [0.05, 0.1) is 30.2 Å². The minimum absolute atomic E-state index is 0.0366. The molecule has 0 unspecified atom stereocenters. The number of aliphatic hydroxyl groups is 2. The first-order valence-electron chi connectivity index (χ1n) is 11.9. The number of esters is 1. The summed E-state index contributed by atoms with van der Waals surface area (Å²) >= 11 is 0. The summed E-state index contributed by atoms with van der Waals surface area (Å²) in [6, 6.07) is 22.9. The highest BCUT2D eigenvalue weighted by Crippen LogP contribution is 2.35. The molecule has 0 radical (unpaired) electrons. The van der Waals surface area contributed by atoms with E-state index in [-0.39, 0.29) is 23.3 Å². The molecule has 0 atom stereocenters. The second-order valence-corrected chi connectivity index (χ2v) is 10.4. The third-order valence-corrected chi connectivity index (χ3v) is 7.70. The van der Waals surface area contributed by atoms with Crippen LogP contribution in [0.25, 0.3) is 0 Å². The largest absolute Gasteiger partial charge is 0.457 e. The Kier molecular flexibility index (Phi) is 8.70. The van der Waals surface area contributed by atoms with E-state index in [1.165, 1.54) is 18.2 Å². The first kappa shape index (κ1) is 27.9. The Hall–Kier alpha value is -4.12. The molecule has 0 saturated carbocycles. The summed E-state index contributed by atoms with van der Waals surface area (Å²) in [7, 11) is -4.69. The monoisotopic (exact) mass is 553 g/mol. The van der Waals surface area contributed by atoms with Crippen molar-refractivity contribution in [3.8, 4) is 0 Å². The summed E-state index contributed by atoms with van der Waals surface area (Å²) in [5.41, 5.74) is -0.653. The molecule has 202 valence electrons. The summed E-state index contributed by atoms with van der Waals surface area (Å²) in [4.78, 5) is 12.3. The molecular weight excluding hydrogens is 528 g/mol. The lowest BCUT2D eigenvalue weighted by Crippen LogP contribution is -2.33. The van der Waals surface area contributed by atoms with Crippen LogP contribution in [-0.2, 0) is 41.1 Å². The van der Waals surface area contributed by atoms with E-state index in [2.05, 4.69) is 0 Å². The van der Waals surface area contributed by atoms with Crippen LogP contribution < -0.4 is 4.31 Å². The number of rotatable bonds is 10. The van der Waals surface area contributed by atoms with Crippen LogP contribution in [0, 0.1) is 11.6 Å². The van der Waals surface area contributed by atoms with Gasteiger partial charge in [0.2, 0.25) is 0 Å². The Morgan fingerprint density at radius 1 is 0.769 bits per heavy atom. The van der Waals surface area contributed by atoms with Crippen LogP contribution in [0.1, 0.15) is 32.6 Å². The molecule has 0 saturated heterocycles. The second kappa shape index (κ2) is 12.2. The minimum Gasteiger partial charge on any atom is -0.457 e. The van der Waals surface area contributed by atoms with E-state index >= 15 is 8.78 Å². The number of nitrogens with zero attached hydrogens (tertiary/aromatic N) is 1. The topological polar surface area (TPSA) is 104 Å². The van der Waals surface area contributed by atoms with Crippen molar-refractivity contribution in [2.75, 3.05) is 4.31 Å². The smallest absolute Gasteiger partial charge is 0.338 e. The molecule has 4 aromatic carbocycles. The molecule has 0 aliphatic rings. The van der Waals surface area contributed by atoms with Crippen molar-refractivity contribution < 1.29 is 36.9 Å². The Balaban J connectivity index is 1.77. The maximum atomic E-state index is 15.5. The first-order chi connectivity index (χ1) is 18.8. The van der Waals surface area contributed by atoms with Crippen molar-refractivity contribution >= 4 is 21.7 Å². The Morgan fingerprint density at radius 3 is 1.90 bits per heavy atom. The molecular formula is C29H25F2NO6S. The SMILES string of the molecule is O=C(OCc1ccccc1)c1cccc(S(=O)(=O)N(Cc2ccccc2)c2c(F)c(CO)cc(CO)c2F)c1. The van der Waals surface area contributed by atoms with Gasteiger partial charge in [-0.05, 0) is 35.4 Å². The van der Waals surface area contributed by atoms with Gasteiger partial charge in [-0.15, -0.1) is 0 Å². The van der Waals surface area contributed by atoms with E-state index in [1.54, 1.807) is 54.6 Å². The summed E-state index contributed by atoms with van der Waals surface area (Å²) in [6.45, 7) is -2.22. The van der Waals surface area contributed by atoms with Crippen molar-refractivity contribution in [3.63, 3.8) is 0 Å². The first-order valence-corrected chi connectivity index (χ1v) is 13.3. The van der Waals surface area contributed by atoms with Gasteiger partial charge in [0.15, 0.2) is 11.6 Å². The fourth-order valence-electron chi connectivity index (χ4n) is 3.94. The number of benzene rings is 4. The summed E-state index contributed by atoms with van der Waals surface area (Å²) in [5, 5.41) is 19.2. The van der Waals surface area contributed by atoms with E-state index in [4.69, 9.17) is 4.74 Å². The van der Waals surface area contributed by atoms with Gasteiger partial charge in [0.1, 0.15) is 12.3 Å². The molecule has 0 amide bonds. The number of anilines is 1. The zero-order valence-electron chi connectivity index (χ0n) is 20.6. The average Bonchev–Trinajstić information content (AvgIpc) is 2.96. The zero-order chi connectivity index (χ0) is 28.0. The molecule has 0 fully saturated rings. The zero-order valence-corrected chi connectivity index (χ0v) is 21.4. The van der Waals surface area contributed by atoms with Gasteiger partial charge in [-0.1, -0.05) is 66.7 Å². The summed E-state index contributed by atoms with van der Waals surface area (Å²) in [5.74, 6) is -3.36. The quantitative estimate of drug-likeness (QED) is 0.276. The van der Waals surface area contributed by atoms with Crippen molar-refractivity contribution in [2.24, 2.45) is 0 Å². The molecule has 10 heteroatoms. The van der Waals surface area contributed by atoms with E-state index in [0.29, 0.717) is 9.87 Å². The van der Waals surface area contributed by atoms with Crippen LogP contribution in [0.2, 0.25) is 0 Å². The number of hydrogen-bond acceptors (Lipinski definition) is 6. The number of halogens is 2. The molecule has 0 aliphatic carbocycles. The van der Waals surface area contributed by atoms with Gasteiger partial charge in [-0.3, -0.25) is 4.31 Å². The summed E-state index contributed by atoms with van der Waals surface area (Å²) in [6.07, 6.45) is 0. The highest BCUT2D eigenvalue weighted by Gasteiger charge is 2.33. The highest BCUT2D eigenvalue weighted by atomic mass is 32.2. The molecule has 4 aromatic rings. The molecule has 39 heavy (non-hydrogen) atoms. The molecule has 0 spiro atoms. The molecule has 0 bridgehead atoms. The third kappa shape index (κ3) is 6.14. The van der Waals surface area contributed by atoms with Gasteiger partial charge in [0.25, 0.3) is 10.0 Å². The van der Waals surface area contributed by atoms with Crippen LogP contribution in [0.3, 0.4) is 0 Å². The maximum Gasteiger partial charge on any atom is 0.338 e. The standard InChI is InChI=1S/C29H25F2NO6S/c30-26-23(17-33)14-24(18-34)27(31)28(26)32(16-20-8-3-1-4-9-20)39(36,37)25-13-7-12-22(15-25)29(35)38-19-21-10-5-2-6-11-21/h1-15,33-34H,16-19H2. The molecule has 0 aromatic heterocycles. The van der Waals surface area contributed by atoms with E-state index in [1.807, 2.05) is 6.07 Å². The van der Waals surface area contributed by atoms with Gasteiger partial charge in [-0.25, -0.2) is 22.0 Å². The minimum atomic E-state index is -4.69. The fourth-order valence-corrected chi connectivity index (χ4v) is 5.44. The van der Waals surface area contributed by atoms with E-state index in [0.717, 1.165) is 17.7 Å². The average molecular weight is 554 g/mol. The summed E-state index contributed by atoms with van der Waals surface area (Å²) < 4.78 is 64.6. The normalized spacial score (nSPS) is 11.3. The lowest BCUT2D eigenvalue weighted by molar-refractivity contribution is 0.0472. The number of carbonyl (C=O) groups excluding carboxylic acids is 1. The number of carbonyl (C=O) groups is 1. The van der Waals surface area contributed by atoms with Crippen LogP contribution in [0.4, 0.5) is 14.5 Å². The number of aliphatic hydroxyl groups excluding tert-OH is 2. The molecule has 2 N–H and O–H groups in total. The number of sulfonamides is 1. The number of hydrogen-bond donors (Lipinski definition) is 2. The van der Waals surface area contributed by atoms with Crippen molar-refractivity contribution in [3.05, 3.63) is 130 Å². The Bertz CT molecular complexity index is 1540. The van der Waals surface area contributed by atoms with Gasteiger partial charge < -0.3 is 14.9 Å². The molecule has 7 nitrogen and oxygen atoms in total.